The van der Waals surface area contributed by atoms with Gasteiger partial charge in [-0.05, 0) is 25.8 Å². The third-order valence-electron chi connectivity index (χ3n) is 2.51. The van der Waals surface area contributed by atoms with Crippen molar-refractivity contribution in [2.75, 3.05) is 19.8 Å². The average molecular weight is 187 g/mol. The van der Waals surface area contributed by atoms with Crippen molar-refractivity contribution in [2.24, 2.45) is 0 Å². The third kappa shape index (κ3) is 4.60. The molecule has 0 spiro atoms. The summed E-state index contributed by atoms with van der Waals surface area (Å²) < 4.78 is 5.41. The maximum Gasteiger partial charge on any atom is 0.0771 e. The van der Waals surface area contributed by atoms with Crippen LogP contribution in [0.15, 0.2) is 0 Å². The highest BCUT2D eigenvalue weighted by atomic mass is 16.5. The van der Waals surface area contributed by atoms with Crippen LogP contribution in [0.5, 0.6) is 0 Å². The van der Waals surface area contributed by atoms with Crippen molar-refractivity contribution >= 4 is 0 Å². The predicted octanol–water partition coefficient (Wildman–Crippen LogP) is 0.916. The highest BCUT2D eigenvalue weighted by Crippen LogP contribution is 2.07. The molecule has 2 N–H and O–H groups in total. The fraction of sp³-hybridized carbons (Fsp3) is 1.00. The molecule has 0 aliphatic carbocycles. The van der Waals surface area contributed by atoms with E-state index in [1.54, 1.807) is 0 Å². The molecule has 3 heteroatoms. The summed E-state index contributed by atoms with van der Waals surface area (Å²) in [5.74, 6) is 0. The molecule has 0 amide bonds. The lowest BCUT2D eigenvalue weighted by molar-refractivity contribution is 0.0230. The van der Waals surface area contributed by atoms with Crippen molar-refractivity contribution in [1.82, 2.24) is 5.32 Å². The van der Waals surface area contributed by atoms with Gasteiger partial charge < -0.3 is 15.2 Å². The van der Waals surface area contributed by atoms with Gasteiger partial charge in [-0.3, -0.25) is 0 Å². The zero-order chi connectivity index (χ0) is 9.52. The van der Waals surface area contributed by atoms with Crippen molar-refractivity contribution < 1.29 is 9.84 Å². The van der Waals surface area contributed by atoms with Gasteiger partial charge in [0.1, 0.15) is 0 Å². The summed E-state index contributed by atoms with van der Waals surface area (Å²) in [6, 6.07) is 0.512. The number of aliphatic hydroxyl groups excluding tert-OH is 1. The first-order valence-corrected chi connectivity index (χ1v) is 5.32. The first kappa shape index (κ1) is 11.0. The van der Waals surface area contributed by atoms with Crippen molar-refractivity contribution in [3.8, 4) is 0 Å². The molecule has 0 radical (unpaired) electrons. The molecule has 0 aromatic rings. The highest BCUT2D eigenvalue weighted by Gasteiger charge is 2.12. The van der Waals surface area contributed by atoms with Gasteiger partial charge in [0.25, 0.3) is 0 Å². The topological polar surface area (TPSA) is 41.5 Å². The van der Waals surface area contributed by atoms with E-state index in [0.717, 1.165) is 19.6 Å². The van der Waals surface area contributed by atoms with Gasteiger partial charge >= 0.3 is 0 Å². The Bertz CT molecular complexity index is 124. The Labute approximate surface area is 80.5 Å². The van der Waals surface area contributed by atoms with Crippen LogP contribution in [0.1, 0.15) is 32.6 Å². The number of hydrogen-bond acceptors (Lipinski definition) is 3. The van der Waals surface area contributed by atoms with E-state index in [2.05, 4.69) is 5.32 Å². The lowest BCUT2D eigenvalue weighted by atomic mass is 10.1. The third-order valence-corrected chi connectivity index (χ3v) is 2.51. The van der Waals surface area contributed by atoms with Gasteiger partial charge in [-0.25, -0.2) is 0 Å². The Morgan fingerprint density at radius 3 is 3.00 bits per heavy atom. The Kier molecular flexibility index (Phi) is 5.35. The molecule has 0 saturated carbocycles. The highest BCUT2D eigenvalue weighted by molar-refractivity contribution is 4.71. The van der Waals surface area contributed by atoms with E-state index in [4.69, 9.17) is 4.74 Å². The monoisotopic (exact) mass is 187 g/mol. The number of hydrogen-bond donors (Lipinski definition) is 2. The van der Waals surface area contributed by atoms with Gasteiger partial charge in [-0.2, -0.15) is 0 Å². The maximum atomic E-state index is 9.24. The number of rotatable bonds is 5. The Balaban J connectivity index is 1.98. The van der Waals surface area contributed by atoms with Crippen LogP contribution in [-0.2, 0) is 4.74 Å². The van der Waals surface area contributed by atoms with Crippen molar-refractivity contribution in [1.29, 1.82) is 0 Å². The summed E-state index contributed by atoms with van der Waals surface area (Å²) in [5, 5.41) is 12.6. The molecule has 0 aromatic carbocycles. The molecule has 1 rings (SSSR count). The normalized spacial score (nSPS) is 25.8. The minimum Gasteiger partial charge on any atom is -0.391 e. The van der Waals surface area contributed by atoms with Crippen molar-refractivity contribution in [2.45, 2.75) is 44.8 Å². The van der Waals surface area contributed by atoms with Crippen LogP contribution < -0.4 is 5.32 Å². The second-order valence-electron chi connectivity index (χ2n) is 3.75. The van der Waals surface area contributed by atoms with Crippen LogP contribution in [0.3, 0.4) is 0 Å². The summed E-state index contributed by atoms with van der Waals surface area (Å²) in [6.07, 6.45) is 4.29. The van der Waals surface area contributed by atoms with E-state index < -0.39 is 0 Å². The van der Waals surface area contributed by atoms with E-state index in [-0.39, 0.29) is 6.10 Å². The molecule has 1 saturated heterocycles. The first-order chi connectivity index (χ1) is 6.33. The summed E-state index contributed by atoms with van der Waals surface area (Å²) in [7, 11) is 0. The zero-order valence-corrected chi connectivity index (χ0v) is 8.46. The van der Waals surface area contributed by atoms with Gasteiger partial charge in [0.2, 0.25) is 0 Å². The number of ether oxygens (including phenoxy) is 1. The van der Waals surface area contributed by atoms with Crippen molar-refractivity contribution in [3.63, 3.8) is 0 Å². The fourth-order valence-electron chi connectivity index (χ4n) is 1.53. The standard InChI is InChI=1S/C10H21NO2/c1-2-10(12)8-13-7-9-5-3-4-6-11-9/h9-12H,2-8H2,1H3. The quantitative estimate of drug-likeness (QED) is 0.672. The number of piperidine rings is 1. The van der Waals surface area contributed by atoms with E-state index in [9.17, 15) is 5.11 Å². The molecule has 0 aromatic heterocycles. The van der Waals surface area contributed by atoms with Crippen LogP contribution in [0.4, 0.5) is 0 Å². The molecule has 1 heterocycles. The Morgan fingerprint density at radius 1 is 1.54 bits per heavy atom. The second-order valence-corrected chi connectivity index (χ2v) is 3.75. The summed E-state index contributed by atoms with van der Waals surface area (Å²) in [4.78, 5) is 0. The molecular formula is C10H21NO2. The molecule has 13 heavy (non-hydrogen) atoms. The number of nitrogens with one attached hydrogen (secondary N) is 1. The van der Waals surface area contributed by atoms with Crippen LogP contribution in [-0.4, -0.2) is 37.0 Å². The van der Waals surface area contributed by atoms with Crippen molar-refractivity contribution in [3.05, 3.63) is 0 Å². The average Bonchev–Trinajstić information content (AvgIpc) is 2.19. The largest absolute Gasteiger partial charge is 0.391 e. The summed E-state index contributed by atoms with van der Waals surface area (Å²) >= 11 is 0. The minimum atomic E-state index is -0.288. The smallest absolute Gasteiger partial charge is 0.0771 e. The Hall–Kier alpha value is -0.120. The summed E-state index contributed by atoms with van der Waals surface area (Å²) in [6.45, 7) is 4.31. The number of aliphatic hydroxyl groups is 1. The molecular weight excluding hydrogens is 166 g/mol. The SMILES string of the molecule is CCC(O)COCC1CCCCN1. The maximum absolute atomic E-state index is 9.24. The van der Waals surface area contributed by atoms with Gasteiger partial charge in [-0.15, -0.1) is 0 Å². The fourth-order valence-corrected chi connectivity index (χ4v) is 1.53. The van der Waals surface area contributed by atoms with E-state index in [0.29, 0.717) is 12.6 Å². The molecule has 3 nitrogen and oxygen atoms in total. The van der Waals surface area contributed by atoms with E-state index in [1.165, 1.54) is 19.3 Å². The molecule has 2 unspecified atom stereocenters. The molecule has 1 aliphatic heterocycles. The molecule has 1 aliphatic rings. The second kappa shape index (κ2) is 6.35. The van der Waals surface area contributed by atoms with Gasteiger partial charge in [-0.1, -0.05) is 13.3 Å². The van der Waals surface area contributed by atoms with Gasteiger partial charge in [0.15, 0.2) is 0 Å². The molecule has 2 atom stereocenters. The van der Waals surface area contributed by atoms with Gasteiger partial charge in [0, 0.05) is 6.04 Å². The molecule has 78 valence electrons. The predicted molar refractivity (Wildman–Crippen MR) is 52.8 cm³/mol. The summed E-state index contributed by atoms with van der Waals surface area (Å²) in [5.41, 5.74) is 0. The first-order valence-electron chi connectivity index (χ1n) is 5.32. The minimum absolute atomic E-state index is 0.288. The van der Waals surface area contributed by atoms with Crippen LogP contribution >= 0.6 is 0 Å². The van der Waals surface area contributed by atoms with Crippen LogP contribution in [0, 0.1) is 0 Å². The van der Waals surface area contributed by atoms with Gasteiger partial charge in [0.05, 0.1) is 19.3 Å². The van der Waals surface area contributed by atoms with E-state index >= 15 is 0 Å². The molecule has 0 bridgehead atoms. The van der Waals surface area contributed by atoms with Crippen LogP contribution in [0.2, 0.25) is 0 Å². The molecule has 1 fully saturated rings. The Morgan fingerprint density at radius 2 is 2.38 bits per heavy atom. The lowest BCUT2D eigenvalue weighted by Gasteiger charge is -2.23. The van der Waals surface area contributed by atoms with E-state index in [1.807, 2.05) is 6.92 Å². The lowest BCUT2D eigenvalue weighted by Crippen LogP contribution is -2.38. The zero-order valence-electron chi connectivity index (χ0n) is 8.46. The van der Waals surface area contributed by atoms with Crippen LogP contribution in [0.25, 0.3) is 0 Å².